The summed E-state index contributed by atoms with van der Waals surface area (Å²) in [5.74, 6) is 0. The second-order valence-electron chi connectivity index (χ2n) is 5.94. The third-order valence-electron chi connectivity index (χ3n) is 4.67. The average molecular weight is 281 g/mol. The first-order chi connectivity index (χ1) is 10.9. The van der Waals surface area contributed by atoms with Crippen molar-refractivity contribution in [3.8, 4) is 22.4 Å². The van der Waals surface area contributed by atoms with Gasteiger partial charge < -0.3 is 4.98 Å². The van der Waals surface area contributed by atoms with Gasteiger partial charge in [0, 0.05) is 22.2 Å². The van der Waals surface area contributed by atoms with Crippen LogP contribution in [0, 0.1) is 0 Å². The Labute approximate surface area is 129 Å². The number of hydrogen-bond acceptors (Lipinski definition) is 0. The number of para-hydroxylation sites is 1. The lowest BCUT2D eigenvalue weighted by atomic mass is 9.99. The molecule has 0 saturated carbocycles. The Kier molecular flexibility index (Phi) is 2.33. The molecule has 22 heavy (non-hydrogen) atoms. The molecule has 104 valence electrons. The van der Waals surface area contributed by atoms with Gasteiger partial charge in [0.1, 0.15) is 0 Å². The highest BCUT2D eigenvalue weighted by atomic mass is 14.7. The molecule has 0 radical (unpaired) electrons. The summed E-state index contributed by atoms with van der Waals surface area (Å²) in [7, 11) is 0. The van der Waals surface area contributed by atoms with Gasteiger partial charge in [0.25, 0.3) is 0 Å². The van der Waals surface area contributed by atoms with Gasteiger partial charge in [-0.3, -0.25) is 0 Å². The molecular weight excluding hydrogens is 266 g/mol. The molecule has 0 atom stereocenters. The molecule has 0 bridgehead atoms. The van der Waals surface area contributed by atoms with E-state index in [2.05, 4.69) is 77.8 Å². The summed E-state index contributed by atoms with van der Waals surface area (Å²) in [6.45, 7) is 0. The molecular formula is C21H15N. The van der Waals surface area contributed by atoms with E-state index in [1.54, 1.807) is 0 Å². The Bertz CT molecular complexity index is 974. The molecule has 0 spiro atoms. The maximum atomic E-state index is 3.57. The van der Waals surface area contributed by atoms with E-state index >= 15 is 0 Å². The number of aromatic amines is 1. The fourth-order valence-corrected chi connectivity index (χ4v) is 3.63. The van der Waals surface area contributed by atoms with Crippen molar-refractivity contribution in [2.24, 2.45) is 0 Å². The van der Waals surface area contributed by atoms with Gasteiger partial charge in [0.05, 0.1) is 0 Å². The fraction of sp³-hybridized carbons (Fsp3) is 0.0476. The predicted octanol–water partition coefficient (Wildman–Crippen LogP) is 5.41. The van der Waals surface area contributed by atoms with E-state index in [0.29, 0.717) is 0 Å². The summed E-state index contributed by atoms with van der Waals surface area (Å²) in [5.41, 5.74) is 9.37. The third kappa shape index (κ3) is 1.59. The van der Waals surface area contributed by atoms with Crippen LogP contribution < -0.4 is 0 Å². The highest BCUT2D eigenvalue weighted by Gasteiger charge is 2.21. The summed E-state index contributed by atoms with van der Waals surface area (Å²) in [6, 6.07) is 26.1. The molecule has 1 aliphatic carbocycles. The Morgan fingerprint density at radius 3 is 2.41 bits per heavy atom. The summed E-state index contributed by atoms with van der Waals surface area (Å²) in [5, 5.41) is 1.27. The smallest absolute Gasteiger partial charge is 0.0467 e. The van der Waals surface area contributed by atoms with E-state index < -0.39 is 0 Å². The topological polar surface area (TPSA) is 15.8 Å². The SMILES string of the molecule is c1ccc2c(c1)Cc1c(-c3cc4ccccc4[nH]3)cccc1-2. The van der Waals surface area contributed by atoms with Crippen LogP contribution in [0.1, 0.15) is 11.1 Å². The minimum Gasteiger partial charge on any atom is -0.355 e. The highest BCUT2D eigenvalue weighted by molar-refractivity contribution is 5.89. The standard InChI is InChI=1S/C21H15N/c1-3-8-16-14(6-1)12-19-17(16)9-5-10-18(19)21-13-15-7-2-4-11-20(15)22-21/h1-11,13,22H,12H2. The van der Waals surface area contributed by atoms with E-state index in [1.807, 2.05) is 0 Å². The summed E-state index contributed by atoms with van der Waals surface area (Å²) < 4.78 is 0. The normalized spacial score (nSPS) is 12.4. The lowest BCUT2D eigenvalue weighted by Crippen LogP contribution is -1.87. The molecule has 0 fully saturated rings. The first-order valence-electron chi connectivity index (χ1n) is 7.68. The molecule has 1 aliphatic rings. The van der Waals surface area contributed by atoms with Crippen molar-refractivity contribution in [3.05, 3.63) is 83.9 Å². The largest absolute Gasteiger partial charge is 0.355 e. The van der Waals surface area contributed by atoms with E-state index in [4.69, 9.17) is 0 Å². The van der Waals surface area contributed by atoms with Crippen molar-refractivity contribution < 1.29 is 0 Å². The van der Waals surface area contributed by atoms with Crippen LogP contribution in [0.25, 0.3) is 33.3 Å². The zero-order valence-corrected chi connectivity index (χ0v) is 12.1. The van der Waals surface area contributed by atoms with Crippen LogP contribution in [0.15, 0.2) is 72.8 Å². The van der Waals surface area contributed by atoms with Crippen molar-refractivity contribution in [1.29, 1.82) is 0 Å². The Morgan fingerprint density at radius 2 is 1.45 bits per heavy atom. The van der Waals surface area contributed by atoms with Gasteiger partial charge in [-0.05, 0) is 40.8 Å². The molecule has 0 aliphatic heterocycles. The quantitative estimate of drug-likeness (QED) is 0.423. The zero-order valence-electron chi connectivity index (χ0n) is 12.1. The van der Waals surface area contributed by atoms with Crippen LogP contribution in [-0.4, -0.2) is 4.98 Å². The Morgan fingerprint density at radius 1 is 0.682 bits per heavy atom. The third-order valence-corrected chi connectivity index (χ3v) is 4.67. The molecule has 1 nitrogen and oxygen atoms in total. The van der Waals surface area contributed by atoms with E-state index in [0.717, 1.165) is 6.42 Å². The molecule has 5 rings (SSSR count). The number of H-pyrrole nitrogens is 1. The van der Waals surface area contributed by atoms with Gasteiger partial charge in [-0.2, -0.15) is 0 Å². The van der Waals surface area contributed by atoms with Gasteiger partial charge in [0.2, 0.25) is 0 Å². The lowest BCUT2D eigenvalue weighted by Gasteiger charge is -2.06. The van der Waals surface area contributed by atoms with Crippen LogP contribution in [0.3, 0.4) is 0 Å². The highest BCUT2D eigenvalue weighted by Crippen LogP contribution is 2.41. The minimum absolute atomic E-state index is 1.02. The van der Waals surface area contributed by atoms with Crippen LogP contribution in [-0.2, 0) is 6.42 Å². The summed E-state index contributed by atoms with van der Waals surface area (Å²) >= 11 is 0. The van der Waals surface area contributed by atoms with Crippen LogP contribution in [0.5, 0.6) is 0 Å². The number of aromatic nitrogens is 1. The fourth-order valence-electron chi connectivity index (χ4n) is 3.63. The van der Waals surface area contributed by atoms with E-state index in [9.17, 15) is 0 Å². The second kappa shape index (κ2) is 4.35. The summed E-state index contributed by atoms with van der Waals surface area (Å²) in [6.07, 6.45) is 1.02. The monoisotopic (exact) mass is 281 g/mol. The van der Waals surface area contributed by atoms with Crippen LogP contribution >= 0.6 is 0 Å². The zero-order chi connectivity index (χ0) is 14.5. The van der Waals surface area contributed by atoms with Crippen molar-refractivity contribution in [2.45, 2.75) is 6.42 Å². The Balaban J connectivity index is 1.74. The Hall–Kier alpha value is -2.80. The maximum Gasteiger partial charge on any atom is 0.0467 e. The van der Waals surface area contributed by atoms with E-state index in [1.165, 1.54) is 44.4 Å². The molecule has 1 aromatic heterocycles. The molecule has 1 N–H and O–H groups in total. The van der Waals surface area contributed by atoms with Crippen molar-refractivity contribution in [1.82, 2.24) is 4.98 Å². The molecule has 0 unspecified atom stereocenters. The average Bonchev–Trinajstić information content (AvgIpc) is 3.15. The molecule has 3 aromatic carbocycles. The first-order valence-corrected chi connectivity index (χ1v) is 7.68. The number of rotatable bonds is 1. The van der Waals surface area contributed by atoms with Crippen LogP contribution in [0.4, 0.5) is 0 Å². The lowest BCUT2D eigenvalue weighted by molar-refractivity contribution is 1.25. The van der Waals surface area contributed by atoms with Gasteiger partial charge in [-0.1, -0.05) is 60.7 Å². The van der Waals surface area contributed by atoms with Gasteiger partial charge in [-0.15, -0.1) is 0 Å². The molecule has 4 aromatic rings. The molecule has 0 saturated heterocycles. The van der Waals surface area contributed by atoms with Crippen molar-refractivity contribution in [3.63, 3.8) is 0 Å². The van der Waals surface area contributed by atoms with Crippen LogP contribution in [0.2, 0.25) is 0 Å². The maximum absolute atomic E-state index is 3.57. The van der Waals surface area contributed by atoms with Gasteiger partial charge in [-0.25, -0.2) is 0 Å². The first kappa shape index (κ1) is 11.8. The predicted molar refractivity (Wildman–Crippen MR) is 92.0 cm³/mol. The van der Waals surface area contributed by atoms with E-state index in [-0.39, 0.29) is 0 Å². The van der Waals surface area contributed by atoms with Crippen molar-refractivity contribution >= 4 is 10.9 Å². The second-order valence-corrected chi connectivity index (χ2v) is 5.94. The minimum atomic E-state index is 1.02. The molecule has 0 amide bonds. The number of benzene rings is 3. The number of hydrogen-bond donors (Lipinski definition) is 1. The van der Waals surface area contributed by atoms with Gasteiger partial charge >= 0.3 is 0 Å². The number of fused-ring (bicyclic) bond motifs is 4. The summed E-state index contributed by atoms with van der Waals surface area (Å²) in [4.78, 5) is 3.57. The van der Waals surface area contributed by atoms with Gasteiger partial charge in [0.15, 0.2) is 0 Å². The molecule has 1 heteroatoms. The molecule has 1 heterocycles. The van der Waals surface area contributed by atoms with Crippen molar-refractivity contribution in [2.75, 3.05) is 0 Å². The number of nitrogens with one attached hydrogen (secondary N) is 1.